The minimum absolute atomic E-state index is 0.327. The lowest BCUT2D eigenvalue weighted by molar-refractivity contribution is 1.30. The maximum absolute atomic E-state index is 11.1. The fourth-order valence-corrected chi connectivity index (χ4v) is 2.34. The molecule has 1 aliphatic heterocycles. The number of hydrogen-bond acceptors (Lipinski definition) is 5. The zero-order chi connectivity index (χ0) is 13.2. The molecule has 1 heterocycles. The number of halogens is 1. The van der Waals surface area contributed by atoms with Gasteiger partial charge in [-0.3, -0.25) is 0 Å². The van der Waals surface area contributed by atoms with Crippen LogP contribution in [0, 0.1) is 4.91 Å². The molecule has 6 heteroatoms. The molecule has 19 heavy (non-hydrogen) atoms. The van der Waals surface area contributed by atoms with Crippen LogP contribution >= 0.6 is 11.6 Å². The summed E-state index contributed by atoms with van der Waals surface area (Å²) in [6.07, 6.45) is 0. The lowest BCUT2D eigenvalue weighted by Crippen LogP contribution is -1.99. The summed E-state index contributed by atoms with van der Waals surface area (Å²) in [6.45, 7) is 0.534. The Kier molecular flexibility index (Phi) is 2.97. The monoisotopic (exact) mass is 274 g/mol. The first-order chi connectivity index (χ1) is 9.29. The van der Waals surface area contributed by atoms with Crippen LogP contribution in [0.3, 0.4) is 0 Å². The van der Waals surface area contributed by atoms with Gasteiger partial charge in [0.2, 0.25) is 0 Å². The molecule has 0 amide bonds. The van der Waals surface area contributed by atoms with E-state index in [0.29, 0.717) is 28.8 Å². The van der Waals surface area contributed by atoms with Gasteiger partial charge in [0.05, 0.1) is 28.8 Å². The number of hydrogen-bond donors (Lipinski definition) is 3. The Morgan fingerprint density at radius 2 is 1.89 bits per heavy atom. The van der Waals surface area contributed by atoms with Gasteiger partial charge in [-0.25, -0.2) is 0 Å². The second-order valence-corrected chi connectivity index (χ2v) is 4.52. The van der Waals surface area contributed by atoms with E-state index in [1.165, 1.54) is 0 Å². The van der Waals surface area contributed by atoms with Crippen LogP contribution in [0.4, 0.5) is 28.4 Å². The van der Waals surface area contributed by atoms with Crippen LogP contribution < -0.4 is 16.0 Å². The van der Waals surface area contributed by atoms with Crippen LogP contribution in [0.1, 0.15) is 0 Å². The van der Waals surface area contributed by atoms with Crippen molar-refractivity contribution in [3.05, 3.63) is 46.3 Å². The first kappa shape index (κ1) is 11.8. The third kappa shape index (κ3) is 2.08. The van der Waals surface area contributed by atoms with Crippen molar-refractivity contribution in [2.24, 2.45) is 5.18 Å². The van der Waals surface area contributed by atoms with E-state index >= 15 is 0 Å². The van der Waals surface area contributed by atoms with Crippen LogP contribution in [0.2, 0.25) is 5.02 Å². The summed E-state index contributed by atoms with van der Waals surface area (Å²) in [7, 11) is 0. The van der Waals surface area contributed by atoms with E-state index in [2.05, 4.69) is 21.1 Å². The summed E-state index contributed by atoms with van der Waals surface area (Å²) in [5.74, 6) is 0. The number of rotatable bonds is 3. The third-order valence-electron chi connectivity index (χ3n) is 2.93. The molecular weight excluding hydrogens is 264 g/mol. The molecule has 0 spiro atoms. The smallest absolute Gasteiger partial charge is 0.156 e. The van der Waals surface area contributed by atoms with Crippen molar-refractivity contribution in [2.75, 3.05) is 22.6 Å². The SMILES string of the molecule is O=Nc1c(Nc2ccccc2)cc(Cl)c2c1NCN2. The number of nitrogens with one attached hydrogen (secondary N) is 3. The molecular formula is C13H11ClN4O. The van der Waals surface area contributed by atoms with Gasteiger partial charge in [-0.2, -0.15) is 0 Å². The fraction of sp³-hybridized carbons (Fsp3) is 0.0769. The summed E-state index contributed by atoms with van der Waals surface area (Å²) in [4.78, 5) is 11.1. The molecule has 0 aliphatic carbocycles. The Balaban J connectivity index is 2.06. The van der Waals surface area contributed by atoms with Crippen molar-refractivity contribution in [3.8, 4) is 0 Å². The number of nitrogens with zero attached hydrogens (tertiary/aromatic N) is 1. The van der Waals surface area contributed by atoms with Crippen molar-refractivity contribution in [2.45, 2.75) is 0 Å². The summed E-state index contributed by atoms with van der Waals surface area (Å²) >= 11 is 6.18. The summed E-state index contributed by atoms with van der Waals surface area (Å²) in [5.41, 5.74) is 3.14. The largest absolute Gasteiger partial charge is 0.365 e. The van der Waals surface area contributed by atoms with E-state index in [-0.39, 0.29) is 0 Å². The molecule has 2 aromatic carbocycles. The maximum Gasteiger partial charge on any atom is 0.156 e. The van der Waals surface area contributed by atoms with E-state index in [9.17, 15) is 4.91 Å². The normalized spacial score (nSPS) is 12.3. The predicted molar refractivity (Wildman–Crippen MR) is 78.7 cm³/mol. The highest BCUT2D eigenvalue weighted by Gasteiger charge is 2.21. The van der Waals surface area contributed by atoms with Gasteiger partial charge in [0.1, 0.15) is 0 Å². The quantitative estimate of drug-likeness (QED) is 0.731. The Hall–Kier alpha value is -2.27. The number of para-hydroxylation sites is 1. The van der Waals surface area contributed by atoms with Gasteiger partial charge in [-0.1, -0.05) is 29.8 Å². The van der Waals surface area contributed by atoms with E-state index in [4.69, 9.17) is 11.6 Å². The van der Waals surface area contributed by atoms with E-state index in [1.807, 2.05) is 30.3 Å². The molecule has 0 fully saturated rings. The number of fused-ring (bicyclic) bond motifs is 1. The molecule has 5 nitrogen and oxygen atoms in total. The molecule has 0 saturated heterocycles. The van der Waals surface area contributed by atoms with Gasteiger partial charge in [-0.15, -0.1) is 4.91 Å². The van der Waals surface area contributed by atoms with Gasteiger partial charge in [0.15, 0.2) is 5.69 Å². The van der Waals surface area contributed by atoms with Crippen molar-refractivity contribution < 1.29 is 0 Å². The second kappa shape index (κ2) is 4.78. The molecule has 3 N–H and O–H groups in total. The molecule has 2 aromatic rings. The summed E-state index contributed by atoms with van der Waals surface area (Å²) < 4.78 is 0. The number of benzene rings is 2. The van der Waals surface area contributed by atoms with Crippen LogP contribution in [-0.2, 0) is 0 Å². The average molecular weight is 275 g/mol. The highest BCUT2D eigenvalue weighted by atomic mass is 35.5. The molecule has 3 rings (SSSR count). The van der Waals surface area contributed by atoms with E-state index in [0.717, 1.165) is 11.4 Å². The van der Waals surface area contributed by atoms with E-state index in [1.54, 1.807) is 6.07 Å². The van der Waals surface area contributed by atoms with Crippen LogP contribution in [0.5, 0.6) is 0 Å². The topological polar surface area (TPSA) is 65.5 Å². The van der Waals surface area contributed by atoms with Crippen LogP contribution in [0.15, 0.2) is 41.6 Å². The molecule has 0 bridgehead atoms. The number of nitroso groups, excluding NO2 is 1. The van der Waals surface area contributed by atoms with Gasteiger partial charge in [0, 0.05) is 5.69 Å². The third-order valence-corrected chi connectivity index (χ3v) is 3.22. The van der Waals surface area contributed by atoms with Gasteiger partial charge in [-0.05, 0) is 23.4 Å². The minimum Gasteiger partial charge on any atom is -0.365 e. The Morgan fingerprint density at radius 1 is 1.16 bits per heavy atom. The molecule has 1 aliphatic rings. The van der Waals surface area contributed by atoms with Gasteiger partial charge in [0.25, 0.3) is 0 Å². The van der Waals surface area contributed by atoms with Crippen LogP contribution in [0.25, 0.3) is 0 Å². The first-order valence-corrected chi connectivity index (χ1v) is 6.17. The molecule has 0 radical (unpaired) electrons. The highest BCUT2D eigenvalue weighted by molar-refractivity contribution is 6.35. The zero-order valence-electron chi connectivity index (χ0n) is 9.90. The fourth-order valence-electron chi connectivity index (χ4n) is 2.07. The molecule has 96 valence electrons. The van der Waals surface area contributed by atoms with Crippen molar-refractivity contribution in [1.29, 1.82) is 0 Å². The second-order valence-electron chi connectivity index (χ2n) is 4.12. The average Bonchev–Trinajstić information content (AvgIpc) is 2.90. The lowest BCUT2D eigenvalue weighted by Gasteiger charge is -2.12. The van der Waals surface area contributed by atoms with Gasteiger partial charge >= 0.3 is 0 Å². The molecule has 0 atom stereocenters. The lowest BCUT2D eigenvalue weighted by atomic mass is 10.2. The Morgan fingerprint density at radius 3 is 2.63 bits per heavy atom. The predicted octanol–water partition coefficient (Wildman–Crippen LogP) is 4.28. The van der Waals surface area contributed by atoms with Crippen molar-refractivity contribution in [1.82, 2.24) is 0 Å². The maximum atomic E-state index is 11.1. The zero-order valence-corrected chi connectivity index (χ0v) is 10.7. The standard InChI is InChI=1S/C13H11ClN4O/c14-9-6-10(17-8-4-2-1-3-5-8)12(18-19)13-11(9)15-7-16-13/h1-6,15-17H,7H2. The Bertz CT molecular complexity index is 630. The summed E-state index contributed by atoms with van der Waals surface area (Å²) in [6, 6.07) is 11.2. The Labute approximate surface area is 114 Å². The minimum atomic E-state index is 0.327. The van der Waals surface area contributed by atoms with Crippen molar-refractivity contribution in [3.63, 3.8) is 0 Å². The molecule has 0 unspecified atom stereocenters. The van der Waals surface area contributed by atoms with Crippen LogP contribution in [-0.4, -0.2) is 6.67 Å². The van der Waals surface area contributed by atoms with E-state index < -0.39 is 0 Å². The summed E-state index contributed by atoms with van der Waals surface area (Å²) in [5, 5.41) is 12.9. The highest BCUT2D eigenvalue weighted by Crippen LogP contribution is 2.46. The van der Waals surface area contributed by atoms with Crippen molar-refractivity contribution >= 4 is 40.0 Å². The first-order valence-electron chi connectivity index (χ1n) is 5.79. The number of anilines is 4. The molecule has 0 aromatic heterocycles. The van der Waals surface area contributed by atoms with Gasteiger partial charge < -0.3 is 16.0 Å². The molecule has 0 saturated carbocycles.